The van der Waals surface area contributed by atoms with E-state index in [1.807, 2.05) is 0 Å². The highest BCUT2D eigenvalue weighted by atomic mass is 19.1. The Morgan fingerprint density at radius 3 is 2.40 bits per heavy atom. The first-order valence-electron chi connectivity index (χ1n) is 4.64. The molecule has 1 aromatic rings. The van der Waals surface area contributed by atoms with Gasteiger partial charge in [-0.3, -0.25) is 4.79 Å². The summed E-state index contributed by atoms with van der Waals surface area (Å²) < 4.78 is 25.8. The van der Waals surface area contributed by atoms with Crippen LogP contribution in [-0.4, -0.2) is 19.0 Å². The van der Waals surface area contributed by atoms with E-state index in [2.05, 4.69) is 10.6 Å². The van der Waals surface area contributed by atoms with Gasteiger partial charge in [0.1, 0.15) is 17.7 Å². The Hall–Kier alpha value is -1.49. The largest absolute Gasteiger partial charge is 0.353 e. The molecule has 1 amide bonds. The van der Waals surface area contributed by atoms with Gasteiger partial charge in [0.2, 0.25) is 5.91 Å². The molecule has 2 rings (SSSR count). The Labute approximate surface area is 85.5 Å². The second-order valence-electron chi connectivity index (χ2n) is 3.38. The van der Waals surface area contributed by atoms with Gasteiger partial charge in [-0.2, -0.15) is 0 Å². The van der Waals surface area contributed by atoms with Crippen LogP contribution in [0.15, 0.2) is 18.2 Å². The van der Waals surface area contributed by atoms with Crippen LogP contribution in [0, 0.1) is 11.6 Å². The highest BCUT2D eigenvalue weighted by Crippen LogP contribution is 2.17. The molecule has 1 saturated heterocycles. The third kappa shape index (κ3) is 2.12. The van der Waals surface area contributed by atoms with Crippen LogP contribution in [0.5, 0.6) is 0 Å². The number of amides is 1. The van der Waals surface area contributed by atoms with Gasteiger partial charge in [-0.25, -0.2) is 8.78 Å². The molecule has 1 heterocycles. The molecule has 1 aromatic carbocycles. The standard InChI is InChI=1S/C10H10F2N2O/c11-7-3-6(4-8(12)5-7)9-10(15)14-2-1-13-9/h3-5,9,13H,1-2H2,(H,14,15). The summed E-state index contributed by atoms with van der Waals surface area (Å²) in [6.45, 7) is 1.13. The fourth-order valence-corrected chi connectivity index (χ4v) is 1.61. The Balaban J connectivity index is 2.31. The number of carbonyl (C=O) groups is 1. The molecule has 80 valence electrons. The van der Waals surface area contributed by atoms with E-state index in [0.29, 0.717) is 18.7 Å². The van der Waals surface area contributed by atoms with E-state index in [9.17, 15) is 13.6 Å². The molecule has 1 aliphatic rings. The fraction of sp³-hybridized carbons (Fsp3) is 0.300. The maximum Gasteiger partial charge on any atom is 0.241 e. The summed E-state index contributed by atoms with van der Waals surface area (Å²) in [5, 5.41) is 5.52. The summed E-state index contributed by atoms with van der Waals surface area (Å²) in [7, 11) is 0. The van der Waals surface area contributed by atoms with Gasteiger partial charge >= 0.3 is 0 Å². The van der Waals surface area contributed by atoms with Crippen molar-refractivity contribution in [3.05, 3.63) is 35.4 Å². The zero-order valence-electron chi connectivity index (χ0n) is 7.89. The van der Waals surface area contributed by atoms with E-state index in [1.165, 1.54) is 0 Å². The van der Waals surface area contributed by atoms with E-state index >= 15 is 0 Å². The maximum absolute atomic E-state index is 12.9. The topological polar surface area (TPSA) is 41.1 Å². The second kappa shape index (κ2) is 3.94. The second-order valence-corrected chi connectivity index (χ2v) is 3.38. The predicted molar refractivity (Wildman–Crippen MR) is 50.1 cm³/mol. The molecule has 1 fully saturated rings. The Morgan fingerprint density at radius 2 is 1.80 bits per heavy atom. The number of benzene rings is 1. The highest BCUT2D eigenvalue weighted by molar-refractivity contribution is 5.83. The van der Waals surface area contributed by atoms with Crippen molar-refractivity contribution in [1.29, 1.82) is 0 Å². The maximum atomic E-state index is 12.9. The van der Waals surface area contributed by atoms with Gasteiger partial charge in [0.25, 0.3) is 0 Å². The summed E-state index contributed by atoms with van der Waals surface area (Å²) in [6.07, 6.45) is 0. The molecule has 15 heavy (non-hydrogen) atoms. The molecule has 0 aliphatic carbocycles. The summed E-state index contributed by atoms with van der Waals surface area (Å²) in [6, 6.07) is 2.44. The average Bonchev–Trinajstić information content (AvgIpc) is 2.16. The van der Waals surface area contributed by atoms with Crippen molar-refractivity contribution in [3.8, 4) is 0 Å². The van der Waals surface area contributed by atoms with Crippen molar-refractivity contribution >= 4 is 5.91 Å². The minimum atomic E-state index is -0.676. The first-order chi connectivity index (χ1) is 7.16. The predicted octanol–water partition coefficient (Wildman–Crippen LogP) is 0.725. The van der Waals surface area contributed by atoms with Crippen LogP contribution >= 0.6 is 0 Å². The summed E-state index contributed by atoms with van der Waals surface area (Å²) in [4.78, 5) is 11.4. The minimum absolute atomic E-state index is 0.258. The van der Waals surface area contributed by atoms with Crippen LogP contribution in [0.25, 0.3) is 0 Å². The molecule has 1 unspecified atom stereocenters. The zero-order chi connectivity index (χ0) is 10.8. The van der Waals surface area contributed by atoms with Crippen molar-refractivity contribution in [2.45, 2.75) is 6.04 Å². The lowest BCUT2D eigenvalue weighted by atomic mass is 10.0. The SMILES string of the molecule is O=C1NCCNC1c1cc(F)cc(F)c1. The van der Waals surface area contributed by atoms with Crippen molar-refractivity contribution in [2.24, 2.45) is 0 Å². The van der Waals surface area contributed by atoms with Crippen LogP contribution < -0.4 is 10.6 Å². The summed E-state index contributed by atoms with van der Waals surface area (Å²) in [5.41, 5.74) is 0.310. The van der Waals surface area contributed by atoms with Crippen LogP contribution in [0.1, 0.15) is 11.6 Å². The van der Waals surface area contributed by atoms with E-state index in [1.54, 1.807) is 0 Å². The first kappa shape index (κ1) is 10.0. The molecule has 0 spiro atoms. The normalized spacial score (nSPS) is 21.2. The monoisotopic (exact) mass is 212 g/mol. The van der Waals surface area contributed by atoms with E-state index in [4.69, 9.17) is 0 Å². The average molecular weight is 212 g/mol. The number of piperazine rings is 1. The van der Waals surface area contributed by atoms with Gasteiger partial charge in [-0.15, -0.1) is 0 Å². The number of rotatable bonds is 1. The fourth-order valence-electron chi connectivity index (χ4n) is 1.61. The van der Waals surface area contributed by atoms with Crippen LogP contribution in [0.2, 0.25) is 0 Å². The lowest BCUT2D eigenvalue weighted by Crippen LogP contribution is -2.47. The molecule has 0 radical (unpaired) electrons. The molecule has 0 saturated carbocycles. The van der Waals surface area contributed by atoms with Crippen molar-refractivity contribution in [2.75, 3.05) is 13.1 Å². The van der Waals surface area contributed by atoms with Crippen LogP contribution in [0.4, 0.5) is 8.78 Å². The van der Waals surface area contributed by atoms with Gasteiger partial charge in [0.05, 0.1) is 0 Å². The molecular weight excluding hydrogens is 202 g/mol. The van der Waals surface area contributed by atoms with E-state index < -0.39 is 17.7 Å². The molecule has 3 nitrogen and oxygen atoms in total. The number of nitrogens with one attached hydrogen (secondary N) is 2. The number of hydrogen-bond acceptors (Lipinski definition) is 2. The molecule has 0 bridgehead atoms. The molecule has 1 aliphatic heterocycles. The minimum Gasteiger partial charge on any atom is -0.353 e. The smallest absolute Gasteiger partial charge is 0.241 e. The molecular formula is C10H10F2N2O. The van der Waals surface area contributed by atoms with Gasteiger partial charge in [-0.05, 0) is 17.7 Å². The van der Waals surface area contributed by atoms with Gasteiger partial charge in [-0.1, -0.05) is 0 Å². The van der Waals surface area contributed by atoms with Crippen LogP contribution in [0.3, 0.4) is 0 Å². The van der Waals surface area contributed by atoms with E-state index in [0.717, 1.165) is 18.2 Å². The van der Waals surface area contributed by atoms with Crippen LogP contribution in [-0.2, 0) is 4.79 Å². The lowest BCUT2D eigenvalue weighted by molar-refractivity contribution is -0.124. The molecule has 0 aromatic heterocycles. The Bertz CT molecular complexity index is 375. The highest BCUT2D eigenvalue weighted by Gasteiger charge is 2.23. The van der Waals surface area contributed by atoms with Gasteiger partial charge in [0, 0.05) is 19.2 Å². The summed E-state index contributed by atoms with van der Waals surface area (Å²) >= 11 is 0. The first-order valence-corrected chi connectivity index (χ1v) is 4.64. The Kier molecular flexibility index (Phi) is 2.64. The molecule has 5 heteroatoms. The van der Waals surface area contributed by atoms with Crippen molar-refractivity contribution in [1.82, 2.24) is 10.6 Å². The Morgan fingerprint density at radius 1 is 1.13 bits per heavy atom. The third-order valence-electron chi connectivity index (χ3n) is 2.25. The molecule has 2 N–H and O–H groups in total. The summed E-state index contributed by atoms with van der Waals surface area (Å²) in [5.74, 6) is -1.61. The molecule has 1 atom stereocenters. The zero-order valence-corrected chi connectivity index (χ0v) is 7.89. The van der Waals surface area contributed by atoms with Crippen molar-refractivity contribution < 1.29 is 13.6 Å². The number of halogens is 2. The number of hydrogen-bond donors (Lipinski definition) is 2. The van der Waals surface area contributed by atoms with E-state index in [-0.39, 0.29) is 5.91 Å². The quantitative estimate of drug-likeness (QED) is 0.720. The van der Waals surface area contributed by atoms with Crippen molar-refractivity contribution in [3.63, 3.8) is 0 Å². The van der Waals surface area contributed by atoms with Gasteiger partial charge < -0.3 is 10.6 Å². The third-order valence-corrected chi connectivity index (χ3v) is 2.25. The number of carbonyl (C=O) groups excluding carboxylic acids is 1. The lowest BCUT2D eigenvalue weighted by Gasteiger charge is -2.23. The van der Waals surface area contributed by atoms with Gasteiger partial charge in [0.15, 0.2) is 0 Å².